The minimum atomic E-state index is 0.524. The van der Waals surface area contributed by atoms with Gasteiger partial charge in [-0.05, 0) is 56.4 Å². The Balaban J connectivity index is 1.76. The molecule has 4 heteroatoms. The van der Waals surface area contributed by atoms with Crippen molar-refractivity contribution in [3.8, 4) is 0 Å². The van der Waals surface area contributed by atoms with Gasteiger partial charge >= 0.3 is 0 Å². The average Bonchev–Trinajstić information content (AvgIpc) is 3.11. The molecule has 0 saturated heterocycles. The molecule has 1 saturated carbocycles. The van der Waals surface area contributed by atoms with E-state index in [0.717, 1.165) is 28.4 Å². The van der Waals surface area contributed by atoms with Crippen molar-refractivity contribution in [3.63, 3.8) is 0 Å². The number of fused-ring (bicyclic) bond motifs is 3. The van der Waals surface area contributed by atoms with Crippen LogP contribution < -0.4 is 0 Å². The van der Waals surface area contributed by atoms with Gasteiger partial charge in [0.05, 0.1) is 5.39 Å². The molecule has 2 aromatic rings. The predicted molar refractivity (Wildman–Crippen MR) is 89.4 cm³/mol. The van der Waals surface area contributed by atoms with Crippen LogP contribution in [0.1, 0.15) is 67.6 Å². The quantitative estimate of drug-likeness (QED) is 0.681. The zero-order chi connectivity index (χ0) is 14.4. The van der Waals surface area contributed by atoms with Crippen LogP contribution in [0.3, 0.4) is 0 Å². The Bertz CT molecular complexity index is 679. The van der Waals surface area contributed by atoms with Crippen LogP contribution in [0.4, 0.5) is 0 Å². The summed E-state index contributed by atoms with van der Waals surface area (Å²) in [6.45, 7) is 2.29. The summed E-state index contributed by atoms with van der Waals surface area (Å²) in [6, 6.07) is 0. The second-order valence-corrected chi connectivity index (χ2v) is 7.99. The van der Waals surface area contributed by atoms with Gasteiger partial charge in [0.2, 0.25) is 0 Å². The molecular weight excluding hydrogens is 300 g/mol. The van der Waals surface area contributed by atoms with Crippen molar-refractivity contribution in [3.05, 3.63) is 21.4 Å². The van der Waals surface area contributed by atoms with Crippen molar-refractivity contribution in [1.29, 1.82) is 0 Å². The molecule has 2 heterocycles. The number of hydrogen-bond acceptors (Lipinski definition) is 3. The Morgan fingerprint density at radius 1 is 1.19 bits per heavy atom. The fourth-order valence-corrected chi connectivity index (χ4v) is 5.61. The van der Waals surface area contributed by atoms with E-state index in [0.29, 0.717) is 11.1 Å². The number of nitrogens with zero attached hydrogens (tertiary/aromatic N) is 2. The van der Waals surface area contributed by atoms with Gasteiger partial charge in [-0.15, -0.1) is 11.3 Å². The maximum absolute atomic E-state index is 6.54. The smallest absolute Gasteiger partial charge is 0.141 e. The van der Waals surface area contributed by atoms with Crippen LogP contribution in [0, 0.1) is 5.92 Å². The van der Waals surface area contributed by atoms with Crippen molar-refractivity contribution in [2.45, 2.75) is 64.2 Å². The van der Waals surface area contributed by atoms with Gasteiger partial charge in [0.15, 0.2) is 0 Å². The summed E-state index contributed by atoms with van der Waals surface area (Å²) in [6.07, 6.45) is 9.99. The molecule has 2 atom stereocenters. The first kappa shape index (κ1) is 14.0. The van der Waals surface area contributed by atoms with E-state index < -0.39 is 0 Å². The fraction of sp³-hybridized carbons (Fsp3) is 0.647. The molecule has 2 aliphatic carbocycles. The van der Waals surface area contributed by atoms with Gasteiger partial charge in [-0.3, -0.25) is 0 Å². The minimum absolute atomic E-state index is 0.524. The van der Waals surface area contributed by atoms with E-state index >= 15 is 0 Å². The normalized spacial score (nSPS) is 25.4. The van der Waals surface area contributed by atoms with E-state index in [-0.39, 0.29) is 0 Å². The highest BCUT2D eigenvalue weighted by atomic mass is 35.5. The van der Waals surface area contributed by atoms with Crippen molar-refractivity contribution in [2.24, 2.45) is 5.92 Å². The van der Waals surface area contributed by atoms with Gasteiger partial charge in [0.1, 0.15) is 15.8 Å². The van der Waals surface area contributed by atoms with Crippen LogP contribution in [0.25, 0.3) is 10.2 Å². The highest BCUT2D eigenvalue weighted by Crippen LogP contribution is 2.42. The monoisotopic (exact) mass is 320 g/mol. The van der Waals surface area contributed by atoms with Crippen molar-refractivity contribution >= 4 is 33.2 Å². The third-order valence-electron chi connectivity index (χ3n) is 5.27. The summed E-state index contributed by atoms with van der Waals surface area (Å²) >= 11 is 8.40. The lowest BCUT2D eigenvalue weighted by Gasteiger charge is -2.11. The number of thiophene rings is 1. The van der Waals surface area contributed by atoms with Crippen LogP contribution in [0.15, 0.2) is 0 Å². The fourth-order valence-electron chi connectivity index (χ4n) is 3.99. The van der Waals surface area contributed by atoms with E-state index in [2.05, 4.69) is 6.92 Å². The molecule has 0 amide bonds. The zero-order valence-electron chi connectivity index (χ0n) is 12.5. The highest BCUT2D eigenvalue weighted by Gasteiger charge is 2.28. The molecule has 0 aromatic carbocycles. The zero-order valence-corrected chi connectivity index (χ0v) is 14.1. The molecule has 0 N–H and O–H groups in total. The number of halogens is 1. The van der Waals surface area contributed by atoms with Crippen LogP contribution in [-0.4, -0.2) is 9.97 Å². The van der Waals surface area contributed by atoms with Gasteiger partial charge < -0.3 is 0 Å². The third-order valence-corrected chi connectivity index (χ3v) is 6.73. The number of aryl methyl sites for hydroxylation is 2. The van der Waals surface area contributed by atoms with Crippen LogP contribution in [0.2, 0.25) is 5.15 Å². The molecule has 0 spiro atoms. The Morgan fingerprint density at radius 3 is 2.86 bits per heavy atom. The van der Waals surface area contributed by atoms with E-state index in [9.17, 15) is 0 Å². The molecule has 112 valence electrons. The lowest BCUT2D eigenvalue weighted by Crippen LogP contribution is -2.03. The summed E-state index contributed by atoms with van der Waals surface area (Å²) in [5, 5.41) is 1.86. The van der Waals surface area contributed by atoms with E-state index in [1.807, 2.05) is 11.3 Å². The Kier molecular flexibility index (Phi) is 3.66. The molecule has 2 aromatic heterocycles. The van der Waals surface area contributed by atoms with Gasteiger partial charge in [-0.2, -0.15) is 0 Å². The van der Waals surface area contributed by atoms with Crippen LogP contribution >= 0.6 is 22.9 Å². The second-order valence-electron chi connectivity index (χ2n) is 6.55. The van der Waals surface area contributed by atoms with Crippen LogP contribution in [-0.2, 0) is 12.8 Å². The van der Waals surface area contributed by atoms with E-state index in [4.69, 9.17) is 21.6 Å². The van der Waals surface area contributed by atoms with E-state index in [1.165, 1.54) is 55.4 Å². The highest BCUT2D eigenvalue weighted by molar-refractivity contribution is 7.19. The number of hydrogen-bond donors (Lipinski definition) is 0. The van der Waals surface area contributed by atoms with Crippen molar-refractivity contribution in [2.75, 3.05) is 0 Å². The number of rotatable bonds is 2. The first-order chi connectivity index (χ1) is 10.3. The minimum Gasteiger partial charge on any atom is -0.222 e. The topological polar surface area (TPSA) is 25.8 Å². The third kappa shape index (κ3) is 2.39. The SMILES string of the molecule is CCC1CCC(c2nc(Cl)c3c4c(sc3n2)CCCC4)C1. The maximum Gasteiger partial charge on any atom is 0.141 e. The van der Waals surface area contributed by atoms with Gasteiger partial charge in [0.25, 0.3) is 0 Å². The summed E-state index contributed by atoms with van der Waals surface area (Å²) in [5.41, 5.74) is 1.44. The first-order valence-electron chi connectivity index (χ1n) is 8.24. The molecule has 1 fully saturated rings. The second kappa shape index (κ2) is 5.51. The molecular formula is C17H21ClN2S. The Labute approximate surface area is 134 Å². The lowest BCUT2D eigenvalue weighted by atomic mass is 9.97. The number of aromatic nitrogens is 2. The first-order valence-corrected chi connectivity index (χ1v) is 9.43. The molecule has 4 rings (SSSR count). The van der Waals surface area contributed by atoms with E-state index in [1.54, 1.807) is 0 Å². The molecule has 2 aliphatic rings. The average molecular weight is 321 g/mol. The molecule has 2 unspecified atom stereocenters. The predicted octanol–water partition coefficient (Wildman–Crippen LogP) is 5.52. The Hall–Kier alpha value is -0.670. The molecule has 0 aliphatic heterocycles. The standard InChI is InChI=1S/C17H21ClN2S/c1-2-10-7-8-11(9-10)16-19-15(18)14-12-5-3-4-6-13(12)21-17(14)20-16/h10-11H,2-9H2,1H3. The van der Waals surface area contributed by atoms with Crippen LogP contribution in [0.5, 0.6) is 0 Å². The summed E-state index contributed by atoms with van der Waals surface area (Å²) in [4.78, 5) is 12.2. The van der Waals surface area contributed by atoms with Gasteiger partial charge in [-0.25, -0.2) is 9.97 Å². The Morgan fingerprint density at radius 2 is 2.05 bits per heavy atom. The molecule has 0 radical (unpaired) electrons. The van der Waals surface area contributed by atoms with Gasteiger partial charge in [-0.1, -0.05) is 24.9 Å². The van der Waals surface area contributed by atoms with Crippen molar-refractivity contribution < 1.29 is 0 Å². The van der Waals surface area contributed by atoms with Crippen molar-refractivity contribution in [1.82, 2.24) is 9.97 Å². The summed E-state index contributed by atoms with van der Waals surface area (Å²) < 4.78 is 0. The van der Waals surface area contributed by atoms with Gasteiger partial charge in [0, 0.05) is 10.8 Å². The molecule has 2 nitrogen and oxygen atoms in total. The molecule has 21 heavy (non-hydrogen) atoms. The maximum atomic E-state index is 6.54. The molecule has 0 bridgehead atoms. The summed E-state index contributed by atoms with van der Waals surface area (Å²) in [5.74, 6) is 2.38. The largest absolute Gasteiger partial charge is 0.222 e. The lowest BCUT2D eigenvalue weighted by molar-refractivity contribution is 0.517. The summed E-state index contributed by atoms with van der Waals surface area (Å²) in [7, 11) is 0.